The quantitative estimate of drug-likeness (QED) is 0.621. The molecular formula is C30H43N5O. The Bertz CT molecular complexity index is 1010. The van der Waals surface area contributed by atoms with Crippen molar-refractivity contribution in [1.82, 2.24) is 19.6 Å². The van der Waals surface area contributed by atoms with Gasteiger partial charge in [0.15, 0.2) is 0 Å². The molecule has 2 fully saturated rings. The van der Waals surface area contributed by atoms with Crippen LogP contribution in [0.5, 0.6) is 0 Å². The van der Waals surface area contributed by atoms with Gasteiger partial charge in [-0.2, -0.15) is 0 Å². The van der Waals surface area contributed by atoms with Gasteiger partial charge in [-0.25, -0.2) is 0 Å². The molecule has 0 spiro atoms. The van der Waals surface area contributed by atoms with Gasteiger partial charge in [-0.3, -0.25) is 9.69 Å². The minimum absolute atomic E-state index is 0.174. The fourth-order valence-electron chi connectivity index (χ4n) is 6.23. The van der Waals surface area contributed by atoms with Gasteiger partial charge >= 0.3 is 0 Å². The Kier molecular flexibility index (Phi) is 7.94. The van der Waals surface area contributed by atoms with Crippen LogP contribution < -0.4 is 4.90 Å². The van der Waals surface area contributed by atoms with Gasteiger partial charge in [0.25, 0.3) is 5.91 Å². The van der Waals surface area contributed by atoms with Gasteiger partial charge in [-0.05, 0) is 75.3 Å². The molecule has 0 aliphatic carbocycles. The maximum Gasteiger partial charge on any atom is 0.253 e. The summed E-state index contributed by atoms with van der Waals surface area (Å²) in [5.74, 6) is 0.174. The Morgan fingerprint density at radius 3 is 2.25 bits per heavy atom. The number of hydrogen-bond acceptors (Lipinski definition) is 5. The highest BCUT2D eigenvalue weighted by molar-refractivity contribution is 5.94. The molecule has 2 aromatic carbocycles. The number of likely N-dealkylation sites (N-methyl/N-ethyl adjacent to an activating group) is 3. The number of rotatable bonds is 6. The highest BCUT2D eigenvalue weighted by Gasteiger charge is 2.28. The minimum atomic E-state index is 0.174. The molecule has 3 heterocycles. The van der Waals surface area contributed by atoms with E-state index in [9.17, 15) is 4.79 Å². The Hall–Kier alpha value is -2.41. The van der Waals surface area contributed by atoms with Gasteiger partial charge in [0.1, 0.15) is 0 Å². The lowest BCUT2D eigenvalue weighted by molar-refractivity contribution is 0.0643. The smallest absolute Gasteiger partial charge is 0.253 e. The van der Waals surface area contributed by atoms with Crippen LogP contribution in [0.4, 0.5) is 5.69 Å². The second-order valence-corrected chi connectivity index (χ2v) is 11.0. The summed E-state index contributed by atoms with van der Waals surface area (Å²) in [5, 5.41) is 0. The minimum Gasteiger partial charge on any atom is -0.371 e. The van der Waals surface area contributed by atoms with Crippen LogP contribution in [0.1, 0.15) is 41.3 Å². The largest absolute Gasteiger partial charge is 0.371 e. The molecule has 1 atom stereocenters. The molecule has 0 N–H and O–H groups in total. The van der Waals surface area contributed by atoms with E-state index < -0.39 is 0 Å². The first kappa shape index (κ1) is 25.2. The summed E-state index contributed by atoms with van der Waals surface area (Å²) >= 11 is 0. The van der Waals surface area contributed by atoms with Crippen molar-refractivity contribution in [1.29, 1.82) is 0 Å². The summed E-state index contributed by atoms with van der Waals surface area (Å²) in [5.41, 5.74) is 5.07. The predicted molar refractivity (Wildman–Crippen MR) is 148 cm³/mol. The summed E-state index contributed by atoms with van der Waals surface area (Å²) in [6.07, 6.45) is 3.52. The molecule has 0 bridgehead atoms. The number of anilines is 1. The first-order chi connectivity index (χ1) is 17.5. The monoisotopic (exact) mass is 489 g/mol. The molecule has 3 aliphatic rings. The Morgan fingerprint density at radius 1 is 0.917 bits per heavy atom. The number of amides is 1. The van der Waals surface area contributed by atoms with Gasteiger partial charge in [0.05, 0.1) is 0 Å². The third-order valence-electron chi connectivity index (χ3n) is 8.79. The maximum atomic E-state index is 12.9. The van der Waals surface area contributed by atoms with E-state index >= 15 is 0 Å². The van der Waals surface area contributed by atoms with E-state index in [2.05, 4.69) is 77.0 Å². The first-order valence-corrected chi connectivity index (χ1v) is 13.9. The van der Waals surface area contributed by atoms with Crippen molar-refractivity contribution in [3.05, 3.63) is 65.2 Å². The lowest BCUT2D eigenvalue weighted by Gasteiger charge is -2.41. The zero-order valence-electron chi connectivity index (χ0n) is 22.4. The van der Waals surface area contributed by atoms with Gasteiger partial charge in [-0.1, -0.05) is 31.2 Å². The molecule has 0 saturated carbocycles. The van der Waals surface area contributed by atoms with Crippen molar-refractivity contribution in [3.8, 4) is 0 Å². The van der Waals surface area contributed by atoms with E-state index in [1.54, 1.807) is 0 Å². The molecular weight excluding hydrogens is 446 g/mol. The van der Waals surface area contributed by atoms with E-state index in [1.165, 1.54) is 29.7 Å². The van der Waals surface area contributed by atoms with Crippen LogP contribution in [0.25, 0.3) is 0 Å². The number of carbonyl (C=O) groups excluding carboxylic acids is 1. The fraction of sp³-hybridized carbons (Fsp3) is 0.567. The number of fused-ring (bicyclic) bond motifs is 1. The lowest BCUT2D eigenvalue weighted by Crippen LogP contribution is -2.50. The lowest BCUT2D eigenvalue weighted by atomic mass is 9.93. The summed E-state index contributed by atoms with van der Waals surface area (Å²) in [6, 6.07) is 18.5. The van der Waals surface area contributed by atoms with Crippen molar-refractivity contribution in [2.24, 2.45) is 0 Å². The van der Waals surface area contributed by atoms with Crippen LogP contribution in [0.3, 0.4) is 0 Å². The first-order valence-electron chi connectivity index (χ1n) is 13.9. The number of nitrogens with zero attached hydrogens (tertiary/aromatic N) is 5. The third kappa shape index (κ3) is 5.61. The SMILES string of the molecule is CCN1CCN(C(=O)c2ccc(N3CCC(N(C)C[C@H]4Cc5ccccc5CN4C)CC3)cc2)CC1. The molecule has 3 aliphatic heterocycles. The van der Waals surface area contributed by atoms with Crippen LogP contribution in [-0.2, 0) is 13.0 Å². The number of piperazine rings is 1. The molecule has 6 heteroatoms. The van der Waals surface area contributed by atoms with Gasteiger partial charge in [0.2, 0.25) is 0 Å². The van der Waals surface area contributed by atoms with Crippen LogP contribution in [-0.4, -0.2) is 104 Å². The zero-order chi connectivity index (χ0) is 25.1. The van der Waals surface area contributed by atoms with Crippen molar-refractivity contribution in [2.75, 3.05) is 71.4 Å². The topological polar surface area (TPSA) is 33.3 Å². The number of piperidine rings is 1. The van der Waals surface area contributed by atoms with Crippen LogP contribution >= 0.6 is 0 Å². The second kappa shape index (κ2) is 11.3. The van der Waals surface area contributed by atoms with E-state index in [0.717, 1.165) is 70.9 Å². The zero-order valence-corrected chi connectivity index (χ0v) is 22.4. The van der Waals surface area contributed by atoms with E-state index in [4.69, 9.17) is 0 Å². The van der Waals surface area contributed by atoms with Gasteiger partial charge in [-0.15, -0.1) is 0 Å². The fourth-order valence-corrected chi connectivity index (χ4v) is 6.23. The molecule has 5 rings (SSSR count). The van der Waals surface area contributed by atoms with Gasteiger partial charge < -0.3 is 19.6 Å². The standard InChI is InChI=1S/C30H43N5O/c1-4-33-17-19-35(20-18-33)30(36)24-9-11-28(12-10-24)34-15-13-27(14-16-34)32(3)23-29-21-25-7-5-6-8-26(25)22-31(29)2/h5-12,27,29H,4,13-23H2,1-3H3/t29-/m1/s1. The highest BCUT2D eigenvalue weighted by Crippen LogP contribution is 2.26. The molecule has 0 aromatic heterocycles. The molecule has 6 nitrogen and oxygen atoms in total. The van der Waals surface area contributed by atoms with Crippen LogP contribution in [0.15, 0.2) is 48.5 Å². The normalized spacial score (nSPS) is 22.2. The Morgan fingerprint density at radius 2 is 1.58 bits per heavy atom. The van der Waals surface area contributed by atoms with Crippen molar-refractivity contribution in [2.45, 2.75) is 44.8 Å². The van der Waals surface area contributed by atoms with E-state index in [-0.39, 0.29) is 5.91 Å². The maximum absolute atomic E-state index is 12.9. The third-order valence-corrected chi connectivity index (χ3v) is 8.79. The summed E-state index contributed by atoms with van der Waals surface area (Å²) in [6.45, 7) is 11.2. The molecule has 0 radical (unpaired) electrons. The summed E-state index contributed by atoms with van der Waals surface area (Å²) in [7, 11) is 4.59. The molecule has 194 valence electrons. The van der Waals surface area contributed by atoms with Crippen molar-refractivity contribution >= 4 is 11.6 Å². The number of carbonyl (C=O) groups is 1. The molecule has 36 heavy (non-hydrogen) atoms. The highest BCUT2D eigenvalue weighted by atomic mass is 16.2. The van der Waals surface area contributed by atoms with Crippen molar-refractivity contribution in [3.63, 3.8) is 0 Å². The van der Waals surface area contributed by atoms with Crippen LogP contribution in [0, 0.1) is 0 Å². The molecule has 2 aromatic rings. The van der Waals surface area contributed by atoms with E-state index in [1.807, 2.05) is 17.0 Å². The average Bonchev–Trinajstić information content (AvgIpc) is 2.93. The number of hydrogen-bond donors (Lipinski definition) is 0. The summed E-state index contributed by atoms with van der Waals surface area (Å²) in [4.78, 5) is 25.0. The predicted octanol–water partition coefficient (Wildman–Crippen LogP) is 3.42. The average molecular weight is 490 g/mol. The Labute approximate surface area is 217 Å². The van der Waals surface area contributed by atoms with Gasteiger partial charge in [0, 0.05) is 75.7 Å². The number of benzene rings is 2. The molecule has 2 saturated heterocycles. The summed E-state index contributed by atoms with van der Waals surface area (Å²) < 4.78 is 0. The van der Waals surface area contributed by atoms with Crippen molar-refractivity contribution < 1.29 is 4.79 Å². The second-order valence-electron chi connectivity index (χ2n) is 11.0. The molecule has 0 unspecified atom stereocenters. The Balaban J connectivity index is 1.11. The molecule has 1 amide bonds. The van der Waals surface area contributed by atoms with E-state index in [0.29, 0.717) is 12.1 Å². The van der Waals surface area contributed by atoms with Crippen LogP contribution in [0.2, 0.25) is 0 Å².